The fraction of sp³-hybridized carbons (Fsp3) is 0.938. The van der Waals surface area contributed by atoms with Gasteiger partial charge in [-0.2, -0.15) is 0 Å². The summed E-state index contributed by atoms with van der Waals surface area (Å²) >= 11 is 0. The van der Waals surface area contributed by atoms with Gasteiger partial charge in [-0.05, 0) is 65.0 Å². The lowest BCUT2D eigenvalue weighted by atomic mass is 9.89. The van der Waals surface area contributed by atoms with E-state index in [-0.39, 0.29) is 18.0 Å². The molecule has 2 fully saturated rings. The number of hydrogen-bond acceptors (Lipinski definition) is 3. The van der Waals surface area contributed by atoms with E-state index in [0.717, 1.165) is 25.4 Å². The number of likely N-dealkylation sites (tertiary alicyclic amines) is 1. The van der Waals surface area contributed by atoms with Crippen LogP contribution >= 0.6 is 0 Å². The fourth-order valence-electron chi connectivity index (χ4n) is 3.47. The molecule has 2 N–H and O–H groups in total. The summed E-state index contributed by atoms with van der Waals surface area (Å²) in [6, 6.07) is 0.970. The van der Waals surface area contributed by atoms with Crippen molar-refractivity contribution in [1.29, 1.82) is 0 Å². The van der Waals surface area contributed by atoms with Gasteiger partial charge in [-0.25, -0.2) is 0 Å². The van der Waals surface area contributed by atoms with Gasteiger partial charge in [0.05, 0.1) is 6.04 Å². The van der Waals surface area contributed by atoms with E-state index in [1.165, 1.54) is 32.2 Å². The summed E-state index contributed by atoms with van der Waals surface area (Å²) in [7, 11) is 0. The van der Waals surface area contributed by atoms with Crippen LogP contribution in [-0.2, 0) is 4.79 Å². The highest BCUT2D eigenvalue weighted by molar-refractivity contribution is 5.81. The minimum atomic E-state index is 0.00760. The molecule has 2 aliphatic heterocycles. The lowest BCUT2D eigenvalue weighted by Gasteiger charge is -2.38. The van der Waals surface area contributed by atoms with E-state index in [4.69, 9.17) is 0 Å². The van der Waals surface area contributed by atoms with Crippen LogP contribution in [-0.4, -0.2) is 48.6 Å². The number of carbonyl (C=O) groups is 1. The molecule has 0 radical (unpaired) electrons. The molecular formula is C16H31N3O. The van der Waals surface area contributed by atoms with Crippen LogP contribution < -0.4 is 10.6 Å². The normalized spacial score (nSPS) is 30.9. The van der Waals surface area contributed by atoms with Crippen LogP contribution in [0.1, 0.15) is 52.9 Å². The maximum atomic E-state index is 12.3. The lowest BCUT2D eigenvalue weighted by Crippen LogP contribution is -2.52. The zero-order valence-electron chi connectivity index (χ0n) is 13.3. The number of rotatable bonds is 5. The molecule has 0 bridgehead atoms. The molecular weight excluding hydrogens is 250 g/mol. The molecule has 4 nitrogen and oxygen atoms in total. The first-order valence-corrected chi connectivity index (χ1v) is 8.39. The number of amides is 1. The fourth-order valence-corrected chi connectivity index (χ4v) is 3.47. The molecule has 1 amide bonds. The highest BCUT2D eigenvalue weighted by atomic mass is 16.2. The van der Waals surface area contributed by atoms with Gasteiger partial charge in [0.1, 0.15) is 0 Å². The van der Waals surface area contributed by atoms with Gasteiger partial charge in [0, 0.05) is 18.6 Å². The standard InChI is InChI=1S/C16H31N3O/c1-4-12(2)18-16(20)13(3)19-10-6-7-14(11-19)15-8-5-9-17-15/h12-15,17H,4-11H2,1-3H3,(H,18,20). The molecule has 116 valence electrons. The molecule has 2 heterocycles. The van der Waals surface area contributed by atoms with E-state index in [0.29, 0.717) is 6.04 Å². The topological polar surface area (TPSA) is 44.4 Å². The second-order valence-corrected chi connectivity index (χ2v) is 6.59. The van der Waals surface area contributed by atoms with Gasteiger partial charge in [0.25, 0.3) is 0 Å². The highest BCUT2D eigenvalue weighted by Crippen LogP contribution is 2.25. The zero-order chi connectivity index (χ0) is 14.5. The molecule has 0 aromatic rings. The van der Waals surface area contributed by atoms with Crippen molar-refractivity contribution in [2.75, 3.05) is 19.6 Å². The second kappa shape index (κ2) is 7.41. The minimum absolute atomic E-state index is 0.00760. The number of nitrogens with one attached hydrogen (secondary N) is 2. The Hall–Kier alpha value is -0.610. The van der Waals surface area contributed by atoms with Crippen LogP contribution in [0.4, 0.5) is 0 Å². The molecule has 4 atom stereocenters. The van der Waals surface area contributed by atoms with Gasteiger partial charge in [0.15, 0.2) is 0 Å². The Morgan fingerprint density at radius 2 is 2.15 bits per heavy atom. The van der Waals surface area contributed by atoms with Crippen LogP contribution in [0.2, 0.25) is 0 Å². The average Bonchev–Trinajstić information content (AvgIpc) is 3.00. The van der Waals surface area contributed by atoms with E-state index in [2.05, 4.69) is 36.3 Å². The van der Waals surface area contributed by atoms with E-state index >= 15 is 0 Å². The van der Waals surface area contributed by atoms with E-state index in [1.807, 2.05) is 0 Å². The van der Waals surface area contributed by atoms with E-state index in [1.54, 1.807) is 0 Å². The third-order valence-corrected chi connectivity index (χ3v) is 5.08. The molecule has 0 aromatic carbocycles. The molecule has 0 saturated carbocycles. The number of hydrogen-bond donors (Lipinski definition) is 2. The van der Waals surface area contributed by atoms with Gasteiger partial charge in [-0.15, -0.1) is 0 Å². The third-order valence-electron chi connectivity index (χ3n) is 5.08. The Bertz CT molecular complexity index is 315. The first-order chi connectivity index (χ1) is 9.61. The van der Waals surface area contributed by atoms with Gasteiger partial charge < -0.3 is 10.6 Å². The summed E-state index contributed by atoms with van der Waals surface area (Å²) in [4.78, 5) is 14.7. The maximum Gasteiger partial charge on any atom is 0.237 e. The minimum Gasteiger partial charge on any atom is -0.352 e. The van der Waals surface area contributed by atoms with Gasteiger partial charge in [-0.1, -0.05) is 6.92 Å². The summed E-state index contributed by atoms with van der Waals surface area (Å²) in [6.45, 7) is 9.56. The van der Waals surface area contributed by atoms with E-state index in [9.17, 15) is 4.79 Å². The highest BCUT2D eigenvalue weighted by Gasteiger charge is 2.32. The van der Waals surface area contributed by atoms with Crippen molar-refractivity contribution in [1.82, 2.24) is 15.5 Å². The summed E-state index contributed by atoms with van der Waals surface area (Å²) in [5.74, 6) is 0.921. The molecule has 4 unspecified atom stereocenters. The van der Waals surface area contributed by atoms with Crippen molar-refractivity contribution in [3.8, 4) is 0 Å². The van der Waals surface area contributed by atoms with Crippen molar-refractivity contribution < 1.29 is 4.79 Å². The lowest BCUT2D eigenvalue weighted by molar-refractivity contribution is -0.127. The Kier molecular flexibility index (Phi) is 5.85. The van der Waals surface area contributed by atoms with Gasteiger partial charge in [-0.3, -0.25) is 9.69 Å². The third kappa shape index (κ3) is 3.95. The molecule has 0 spiro atoms. The molecule has 0 aromatic heterocycles. The van der Waals surface area contributed by atoms with Crippen molar-refractivity contribution in [3.63, 3.8) is 0 Å². The monoisotopic (exact) mass is 281 g/mol. The van der Waals surface area contributed by atoms with Gasteiger partial charge in [0.2, 0.25) is 5.91 Å². The molecule has 2 saturated heterocycles. The Balaban J connectivity index is 1.85. The number of piperidine rings is 1. The number of nitrogens with zero attached hydrogens (tertiary/aromatic N) is 1. The van der Waals surface area contributed by atoms with E-state index < -0.39 is 0 Å². The molecule has 0 aliphatic carbocycles. The van der Waals surface area contributed by atoms with Crippen molar-refractivity contribution >= 4 is 5.91 Å². The largest absolute Gasteiger partial charge is 0.352 e. The zero-order valence-corrected chi connectivity index (χ0v) is 13.3. The van der Waals surface area contributed by atoms with Crippen LogP contribution in [0.15, 0.2) is 0 Å². The van der Waals surface area contributed by atoms with Crippen LogP contribution in [0, 0.1) is 5.92 Å². The summed E-state index contributed by atoms with van der Waals surface area (Å²) in [5.41, 5.74) is 0. The van der Waals surface area contributed by atoms with Crippen molar-refractivity contribution in [2.45, 2.75) is 71.0 Å². The molecule has 4 heteroatoms. The summed E-state index contributed by atoms with van der Waals surface area (Å²) in [6.07, 6.45) is 6.15. The smallest absolute Gasteiger partial charge is 0.237 e. The summed E-state index contributed by atoms with van der Waals surface area (Å²) in [5, 5.41) is 6.74. The Morgan fingerprint density at radius 1 is 1.35 bits per heavy atom. The van der Waals surface area contributed by atoms with Crippen LogP contribution in [0.5, 0.6) is 0 Å². The Labute approximate surface area is 123 Å². The van der Waals surface area contributed by atoms with Crippen molar-refractivity contribution in [2.24, 2.45) is 5.92 Å². The van der Waals surface area contributed by atoms with Crippen LogP contribution in [0.25, 0.3) is 0 Å². The second-order valence-electron chi connectivity index (χ2n) is 6.59. The number of carbonyl (C=O) groups excluding carboxylic acids is 1. The predicted molar refractivity (Wildman–Crippen MR) is 82.7 cm³/mol. The first-order valence-electron chi connectivity index (χ1n) is 8.39. The first kappa shape index (κ1) is 15.8. The molecule has 2 rings (SSSR count). The van der Waals surface area contributed by atoms with Crippen molar-refractivity contribution in [3.05, 3.63) is 0 Å². The van der Waals surface area contributed by atoms with Crippen LogP contribution in [0.3, 0.4) is 0 Å². The van der Waals surface area contributed by atoms with Gasteiger partial charge >= 0.3 is 0 Å². The molecule has 2 aliphatic rings. The average molecular weight is 281 g/mol. The predicted octanol–water partition coefficient (Wildman–Crippen LogP) is 1.75. The SMILES string of the molecule is CCC(C)NC(=O)C(C)N1CCCC(C2CCCN2)C1. The maximum absolute atomic E-state index is 12.3. The molecule has 20 heavy (non-hydrogen) atoms. The summed E-state index contributed by atoms with van der Waals surface area (Å²) < 4.78 is 0. The Morgan fingerprint density at radius 3 is 2.80 bits per heavy atom. The quantitative estimate of drug-likeness (QED) is 0.807.